The van der Waals surface area contributed by atoms with Gasteiger partial charge in [0.25, 0.3) is 0 Å². The fourth-order valence-corrected chi connectivity index (χ4v) is 5.66. The Bertz CT molecular complexity index is 1320. The molecule has 1 aliphatic carbocycles. The van der Waals surface area contributed by atoms with E-state index >= 15 is 0 Å². The van der Waals surface area contributed by atoms with Gasteiger partial charge in [-0.2, -0.15) is 10.5 Å². The molecule has 2 fully saturated rings. The minimum atomic E-state index is -0.434. The third kappa shape index (κ3) is 7.92. The highest BCUT2D eigenvalue weighted by atomic mass is 35.5. The number of halogens is 1. The SMILES string of the molecule is C[C@@H](NC1CCC(Nc2cc(-c3cccc(NCC4(C#N)CCOCC4)n3)c(Cl)cn2)CC1)[C@@H](C)OCc1nn[nH]n1. The van der Waals surface area contributed by atoms with E-state index in [0.717, 1.165) is 42.8 Å². The maximum absolute atomic E-state index is 9.77. The predicted molar refractivity (Wildman–Crippen MR) is 160 cm³/mol. The van der Waals surface area contributed by atoms with Crippen LogP contribution in [0.3, 0.4) is 0 Å². The average Bonchev–Trinajstić information content (AvgIpc) is 3.55. The molecule has 42 heavy (non-hydrogen) atoms. The molecule has 0 bridgehead atoms. The summed E-state index contributed by atoms with van der Waals surface area (Å²) >= 11 is 6.58. The normalized spacial score (nSPS) is 21.7. The van der Waals surface area contributed by atoms with Crippen molar-refractivity contribution in [1.29, 1.82) is 5.26 Å². The first-order valence-electron chi connectivity index (χ1n) is 14.7. The van der Waals surface area contributed by atoms with E-state index in [1.165, 1.54) is 0 Å². The Morgan fingerprint density at radius 2 is 1.95 bits per heavy atom. The molecule has 0 aromatic carbocycles. The third-order valence-corrected chi connectivity index (χ3v) is 8.62. The Morgan fingerprint density at radius 3 is 2.69 bits per heavy atom. The zero-order valence-corrected chi connectivity index (χ0v) is 24.9. The fraction of sp³-hybridized carbons (Fsp3) is 0.586. The van der Waals surface area contributed by atoms with Crippen molar-refractivity contribution >= 4 is 23.2 Å². The molecule has 4 N–H and O–H groups in total. The van der Waals surface area contributed by atoms with Gasteiger partial charge in [0.15, 0.2) is 5.82 Å². The summed E-state index contributed by atoms with van der Waals surface area (Å²) in [6, 6.07) is 11.2. The van der Waals surface area contributed by atoms with Crippen molar-refractivity contribution in [2.45, 2.75) is 83.2 Å². The smallest absolute Gasteiger partial charge is 0.200 e. The Labute approximate surface area is 251 Å². The third-order valence-electron chi connectivity index (χ3n) is 8.32. The fourth-order valence-electron chi connectivity index (χ4n) is 5.46. The number of rotatable bonds is 12. The second kappa shape index (κ2) is 14.2. The summed E-state index contributed by atoms with van der Waals surface area (Å²) in [4.78, 5) is 9.35. The van der Waals surface area contributed by atoms with E-state index in [-0.39, 0.29) is 12.1 Å². The number of tetrazole rings is 1. The number of anilines is 2. The van der Waals surface area contributed by atoms with Crippen LogP contribution in [0.4, 0.5) is 11.6 Å². The average molecular weight is 595 g/mol. The van der Waals surface area contributed by atoms with E-state index in [4.69, 9.17) is 26.1 Å². The molecule has 0 radical (unpaired) electrons. The van der Waals surface area contributed by atoms with Gasteiger partial charge in [0.2, 0.25) is 0 Å². The van der Waals surface area contributed by atoms with E-state index in [1.54, 1.807) is 6.20 Å². The van der Waals surface area contributed by atoms with Crippen LogP contribution >= 0.6 is 11.6 Å². The van der Waals surface area contributed by atoms with Crippen LogP contribution in [0.15, 0.2) is 30.5 Å². The quantitative estimate of drug-likeness (QED) is 0.236. The number of nitrogens with one attached hydrogen (secondary N) is 4. The number of ether oxygens (including phenoxy) is 2. The van der Waals surface area contributed by atoms with Gasteiger partial charge in [-0.25, -0.2) is 9.97 Å². The van der Waals surface area contributed by atoms with Gasteiger partial charge in [0.05, 0.1) is 28.3 Å². The number of hydrogen-bond donors (Lipinski definition) is 4. The lowest BCUT2D eigenvalue weighted by molar-refractivity contribution is 0.0237. The van der Waals surface area contributed by atoms with Crippen LogP contribution in [0, 0.1) is 16.7 Å². The molecule has 0 unspecified atom stereocenters. The number of nitriles is 1. The Morgan fingerprint density at radius 1 is 1.17 bits per heavy atom. The highest BCUT2D eigenvalue weighted by Crippen LogP contribution is 2.32. The maximum Gasteiger partial charge on any atom is 0.200 e. The molecule has 1 aliphatic heterocycles. The molecule has 5 rings (SSSR count). The second-order valence-electron chi connectivity index (χ2n) is 11.3. The molecular formula is C29H39ClN10O2. The van der Waals surface area contributed by atoms with Crippen LogP contribution in [0.1, 0.15) is 58.2 Å². The monoisotopic (exact) mass is 594 g/mol. The summed E-state index contributed by atoms with van der Waals surface area (Å²) in [5.41, 5.74) is 1.14. The lowest BCUT2D eigenvalue weighted by Crippen LogP contribution is -2.46. The standard InChI is InChI=1S/C29H39ClN10O2/c1-19(20(2)42-16-28-37-39-40-38-28)34-21-6-8-22(9-7-21)35-27-14-23(24(30)15-32-27)25-4-3-5-26(36-25)33-18-29(17-31)10-12-41-13-11-29/h3-5,14-15,19-22,34H,6-13,16,18H2,1-2H3,(H,32,35)(H,33,36)(H,37,38,39,40)/t19-,20-,21?,22?/m1/s1. The minimum Gasteiger partial charge on any atom is -0.381 e. The number of hydrogen-bond acceptors (Lipinski definition) is 11. The van der Waals surface area contributed by atoms with E-state index in [0.29, 0.717) is 68.0 Å². The van der Waals surface area contributed by atoms with Crippen molar-refractivity contribution in [3.05, 3.63) is 41.3 Å². The highest BCUT2D eigenvalue weighted by Gasteiger charge is 2.32. The van der Waals surface area contributed by atoms with Gasteiger partial charge in [0, 0.05) is 49.6 Å². The van der Waals surface area contributed by atoms with Gasteiger partial charge in [-0.15, -0.1) is 10.2 Å². The first-order chi connectivity index (χ1) is 20.4. The van der Waals surface area contributed by atoms with E-state index in [2.05, 4.69) is 61.5 Å². The molecule has 2 atom stereocenters. The minimum absolute atomic E-state index is 0.0210. The Kier molecular flexibility index (Phi) is 10.2. The zero-order valence-electron chi connectivity index (χ0n) is 24.1. The summed E-state index contributed by atoms with van der Waals surface area (Å²) in [7, 11) is 0. The van der Waals surface area contributed by atoms with E-state index in [1.807, 2.05) is 24.3 Å². The van der Waals surface area contributed by atoms with Crippen LogP contribution in [-0.2, 0) is 16.1 Å². The lowest BCUT2D eigenvalue weighted by Gasteiger charge is -2.33. The highest BCUT2D eigenvalue weighted by molar-refractivity contribution is 6.33. The van der Waals surface area contributed by atoms with Crippen LogP contribution < -0.4 is 16.0 Å². The molecule has 224 valence electrons. The number of aromatic amines is 1. The lowest BCUT2D eigenvalue weighted by atomic mass is 9.82. The summed E-state index contributed by atoms with van der Waals surface area (Å²) in [5.74, 6) is 2.05. The van der Waals surface area contributed by atoms with Crippen LogP contribution in [-0.4, -0.2) is 74.6 Å². The second-order valence-corrected chi connectivity index (χ2v) is 11.7. The van der Waals surface area contributed by atoms with Gasteiger partial charge < -0.3 is 25.4 Å². The molecule has 0 spiro atoms. The Hall–Kier alpha value is -3.37. The van der Waals surface area contributed by atoms with Crippen molar-refractivity contribution in [2.24, 2.45) is 5.41 Å². The summed E-state index contributed by atoms with van der Waals surface area (Å²) in [6.45, 7) is 6.30. The number of pyridine rings is 2. The molecule has 2 aliphatic rings. The molecular weight excluding hydrogens is 556 g/mol. The zero-order chi connectivity index (χ0) is 29.4. The van der Waals surface area contributed by atoms with Crippen molar-refractivity contribution in [3.63, 3.8) is 0 Å². The van der Waals surface area contributed by atoms with Crippen molar-refractivity contribution in [2.75, 3.05) is 30.4 Å². The number of H-pyrrole nitrogens is 1. The van der Waals surface area contributed by atoms with Gasteiger partial charge in [0.1, 0.15) is 18.2 Å². The van der Waals surface area contributed by atoms with Crippen molar-refractivity contribution in [1.82, 2.24) is 35.9 Å². The summed E-state index contributed by atoms with van der Waals surface area (Å²) in [6.07, 6.45) is 7.32. The molecule has 3 aromatic rings. The molecule has 3 aromatic heterocycles. The van der Waals surface area contributed by atoms with Gasteiger partial charge in [-0.1, -0.05) is 22.9 Å². The largest absolute Gasteiger partial charge is 0.381 e. The van der Waals surface area contributed by atoms with Gasteiger partial charge in [-0.3, -0.25) is 0 Å². The van der Waals surface area contributed by atoms with Crippen molar-refractivity contribution in [3.8, 4) is 17.3 Å². The predicted octanol–water partition coefficient (Wildman–Crippen LogP) is 4.35. The maximum atomic E-state index is 9.77. The Balaban J connectivity index is 1.12. The first-order valence-corrected chi connectivity index (χ1v) is 15.0. The van der Waals surface area contributed by atoms with E-state index < -0.39 is 5.41 Å². The molecule has 12 nitrogen and oxygen atoms in total. The summed E-state index contributed by atoms with van der Waals surface area (Å²) in [5, 5.41) is 34.9. The van der Waals surface area contributed by atoms with Crippen molar-refractivity contribution < 1.29 is 9.47 Å². The van der Waals surface area contributed by atoms with Crippen LogP contribution in [0.25, 0.3) is 11.3 Å². The number of aromatic nitrogens is 6. The molecule has 1 saturated heterocycles. The van der Waals surface area contributed by atoms with E-state index in [9.17, 15) is 5.26 Å². The molecule has 13 heteroatoms. The first kappa shape index (κ1) is 30.1. The molecule has 4 heterocycles. The summed E-state index contributed by atoms with van der Waals surface area (Å²) < 4.78 is 11.3. The van der Waals surface area contributed by atoms with Crippen LogP contribution in [0.5, 0.6) is 0 Å². The van der Waals surface area contributed by atoms with Crippen LogP contribution in [0.2, 0.25) is 5.02 Å². The number of nitrogens with zero attached hydrogens (tertiary/aromatic N) is 6. The molecule has 1 saturated carbocycles. The van der Waals surface area contributed by atoms with Gasteiger partial charge >= 0.3 is 0 Å². The topological polar surface area (TPSA) is 159 Å². The molecule has 0 amide bonds. The van der Waals surface area contributed by atoms with Gasteiger partial charge in [-0.05, 0) is 70.6 Å².